The molecule has 0 fully saturated rings. The highest BCUT2D eigenvalue weighted by molar-refractivity contribution is 5.96. The molecule has 0 unspecified atom stereocenters. The number of anilines is 1. The molecular weight excluding hydrogens is 302 g/mol. The Morgan fingerprint density at radius 1 is 1.27 bits per heavy atom. The van der Waals surface area contributed by atoms with E-state index in [-0.39, 0.29) is 36.7 Å². The maximum absolute atomic E-state index is 12.0. The maximum Gasteiger partial charge on any atom is 0.243 e. The van der Waals surface area contributed by atoms with Gasteiger partial charge in [-0.15, -0.1) is 12.4 Å². The van der Waals surface area contributed by atoms with Gasteiger partial charge in [0.25, 0.3) is 0 Å². The van der Waals surface area contributed by atoms with E-state index in [0.717, 1.165) is 23.2 Å². The molecule has 0 saturated heterocycles. The van der Waals surface area contributed by atoms with E-state index in [0.29, 0.717) is 0 Å². The Hall–Kier alpha value is -1.59. The molecule has 124 valence electrons. The molecule has 0 aromatic heterocycles. The van der Waals surface area contributed by atoms with Crippen LogP contribution < -0.4 is 16.4 Å². The van der Waals surface area contributed by atoms with Crippen molar-refractivity contribution in [2.75, 3.05) is 11.9 Å². The maximum atomic E-state index is 12.0. The zero-order valence-corrected chi connectivity index (χ0v) is 14.4. The van der Waals surface area contributed by atoms with Gasteiger partial charge in [0.15, 0.2) is 0 Å². The van der Waals surface area contributed by atoms with Gasteiger partial charge in [-0.2, -0.15) is 0 Å². The van der Waals surface area contributed by atoms with Crippen molar-refractivity contribution in [2.24, 2.45) is 11.7 Å². The third-order valence-corrected chi connectivity index (χ3v) is 3.45. The van der Waals surface area contributed by atoms with Gasteiger partial charge >= 0.3 is 0 Å². The van der Waals surface area contributed by atoms with E-state index in [1.165, 1.54) is 0 Å². The minimum atomic E-state index is -0.595. The number of rotatable bonds is 6. The Bertz CT molecular complexity index is 518. The number of benzene rings is 1. The average Bonchev–Trinajstić information content (AvgIpc) is 2.45. The van der Waals surface area contributed by atoms with Crippen molar-refractivity contribution in [3.8, 4) is 0 Å². The molecule has 0 spiro atoms. The van der Waals surface area contributed by atoms with E-state index in [1.54, 1.807) is 0 Å². The SMILES string of the molecule is CCc1cccc(C)c1NC(=O)CNC(=O)[C@@H](N)C(C)C.Cl. The molecule has 0 aliphatic heterocycles. The molecule has 5 nitrogen and oxygen atoms in total. The summed E-state index contributed by atoms with van der Waals surface area (Å²) in [6, 6.07) is 5.30. The number of aryl methyl sites for hydroxylation is 2. The molecule has 0 bridgehead atoms. The van der Waals surface area contributed by atoms with E-state index in [9.17, 15) is 9.59 Å². The van der Waals surface area contributed by atoms with Crippen LogP contribution in [-0.4, -0.2) is 24.4 Å². The molecule has 1 aromatic rings. The second kappa shape index (κ2) is 9.43. The minimum Gasteiger partial charge on any atom is -0.346 e. The zero-order valence-electron chi connectivity index (χ0n) is 13.6. The van der Waals surface area contributed by atoms with Crippen LogP contribution in [0.5, 0.6) is 0 Å². The number of nitrogens with one attached hydrogen (secondary N) is 2. The molecule has 4 N–H and O–H groups in total. The number of carbonyl (C=O) groups excluding carboxylic acids is 2. The minimum absolute atomic E-state index is 0. The Balaban J connectivity index is 0.00000441. The van der Waals surface area contributed by atoms with Gasteiger partial charge in [0.1, 0.15) is 0 Å². The highest BCUT2D eigenvalue weighted by Crippen LogP contribution is 2.20. The van der Waals surface area contributed by atoms with Crippen molar-refractivity contribution in [3.05, 3.63) is 29.3 Å². The molecule has 6 heteroatoms. The number of hydrogen-bond acceptors (Lipinski definition) is 3. The quantitative estimate of drug-likeness (QED) is 0.747. The van der Waals surface area contributed by atoms with Crippen LogP contribution in [0.4, 0.5) is 5.69 Å². The predicted molar refractivity (Wildman–Crippen MR) is 92.3 cm³/mol. The summed E-state index contributed by atoms with van der Waals surface area (Å²) in [5, 5.41) is 5.42. The van der Waals surface area contributed by atoms with Gasteiger partial charge in [-0.05, 0) is 30.4 Å². The average molecular weight is 328 g/mol. The molecule has 0 radical (unpaired) electrons. The van der Waals surface area contributed by atoms with Gasteiger partial charge in [0, 0.05) is 5.69 Å². The van der Waals surface area contributed by atoms with E-state index >= 15 is 0 Å². The molecule has 1 atom stereocenters. The van der Waals surface area contributed by atoms with Gasteiger partial charge in [0.05, 0.1) is 12.6 Å². The second-order valence-corrected chi connectivity index (χ2v) is 5.50. The lowest BCUT2D eigenvalue weighted by Gasteiger charge is -2.16. The smallest absolute Gasteiger partial charge is 0.243 e. The lowest BCUT2D eigenvalue weighted by atomic mass is 10.1. The summed E-state index contributed by atoms with van der Waals surface area (Å²) >= 11 is 0. The number of para-hydroxylation sites is 1. The van der Waals surface area contributed by atoms with E-state index in [4.69, 9.17) is 5.73 Å². The van der Waals surface area contributed by atoms with Crippen molar-refractivity contribution in [3.63, 3.8) is 0 Å². The molecule has 0 aliphatic rings. The summed E-state index contributed by atoms with van der Waals surface area (Å²) < 4.78 is 0. The molecule has 22 heavy (non-hydrogen) atoms. The third kappa shape index (κ3) is 5.66. The summed E-state index contributed by atoms with van der Waals surface area (Å²) in [4.78, 5) is 23.7. The van der Waals surface area contributed by atoms with Crippen molar-refractivity contribution in [1.29, 1.82) is 0 Å². The fraction of sp³-hybridized carbons (Fsp3) is 0.500. The molecule has 0 heterocycles. The standard InChI is InChI=1S/C16H25N3O2.ClH/c1-5-12-8-6-7-11(4)15(12)19-13(20)9-18-16(21)14(17)10(2)3;/h6-8,10,14H,5,9,17H2,1-4H3,(H,18,21)(H,19,20);1H/t14-;/m0./s1. The Kier molecular flexibility index (Phi) is 8.75. The predicted octanol–water partition coefficient (Wildman–Crippen LogP) is 2.02. The Labute approximate surface area is 138 Å². The molecule has 1 aromatic carbocycles. The molecule has 1 rings (SSSR count). The van der Waals surface area contributed by atoms with Crippen molar-refractivity contribution in [1.82, 2.24) is 5.32 Å². The monoisotopic (exact) mass is 327 g/mol. The third-order valence-electron chi connectivity index (χ3n) is 3.45. The van der Waals surface area contributed by atoms with Crippen LogP contribution >= 0.6 is 12.4 Å². The first-order valence-corrected chi connectivity index (χ1v) is 7.28. The second-order valence-electron chi connectivity index (χ2n) is 5.50. The summed E-state index contributed by atoms with van der Waals surface area (Å²) in [6.45, 7) is 7.64. The first-order valence-electron chi connectivity index (χ1n) is 7.28. The first-order chi connectivity index (χ1) is 9.86. The topological polar surface area (TPSA) is 84.2 Å². The van der Waals surface area contributed by atoms with Crippen LogP contribution in [-0.2, 0) is 16.0 Å². The van der Waals surface area contributed by atoms with Gasteiger partial charge in [-0.25, -0.2) is 0 Å². The molecule has 2 amide bonds. The van der Waals surface area contributed by atoms with Crippen molar-refractivity contribution >= 4 is 29.9 Å². The Morgan fingerprint density at radius 3 is 2.45 bits per heavy atom. The summed E-state index contributed by atoms with van der Waals surface area (Å²) in [7, 11) is 0. The number of carbonyl (C=O) groups is 2. The van der Waals surface area contributed by atoms with Crippen LogP contribution in [0.1, 0.15) is 31.9 Å². The van der Waals surface area contributed by atoms with E-state index in [2.05, 4.69) is 10.6 Å². The fourth-order valence-corrected chi connectivity index (χ4v) is 1.97. The number of amides is 2. The summed E-state index contributed by atoms with van der Waals surface area (Å²) in [6.07, 6.45) is 0.835. The van der Waals surface area contributed by atoms with Crippen molar-refractivity contribution < 1.29 is 9.59 Å². The van der Waals surface area contributed by atoms with E-state index in [1.807, 2.05) is 45.9 Å². The zero-order chi connectivity index (χ0) is 16.0. The highest BCUT2D eigenvalue weighted by atomic mass is 35.5. The number of nitrogens with two attached hydrogens (primary N) is 1. The van der Waals surface area contributed by atoms with Gasteiger partial charge < -0.3 is 16.4 Å². The summed E-state index contributed by atoms with van der Waals surface area (Å²) in [5.41, 5.74) is 8.64. The first kappa shape index (κ1) is 20.4. The molecular formula is C16H26ClN3O2. The van der Waals surface area contributed by atoms with Crippen LogP contribution in [0.25, 0.3) is 0 Å². The van der Waals surface area contributed by atoms with Crippen LogP contribution in [0.2, 0.25) is 0 Å². The summed E-state index contributed by atoms with van der Waals surface area (Å²) in [5.74, 6) is -0.514. The molecule has 0 aliphatic carbocycles. The largest absolute Gasteiger partial charge is 0.346 e. The van der Waals surface area contributed by atoms with Crippen LogP contribution in [0.3, 0.4) is 0 Å². The lowest BCUT2D eigenvalue weighted by Crippen LogP contribution is -2.46. The van der Waals surface area contributed by atoms with Crippen molar-refractivity contribution in [2.45, 2.75) is 40.2 Å². The lowest BCUT2D eigenvalue weighted by molar-refractivity contribution is -0.125. The van der Waals surface area contributed by atoms with Gasteiger partial charge in [-0.3, -0.25) is 9.59 Å². The van der Waals surface area contributed by atoms with Crippen LogP contribution in [0.15, 0.2) is 18.2 Å². The Morgan fingerprint density at radius 2 is 1.91 bits per heavy atom. The number of halogens is 1. The van der Waals surface area contributed by atoms with Crippen LogP contribution in [0, 0.1) is 12.8 Å². The normalized spacial score (nSPS) is 11.5. The fourth-order valence-electron chi connectivity index (χ4n) is 1.97. The van der Waals surface area contributed by atoms with Gasteiger partial charge in [-0.1, -0.05) is 39.0 Å². The highest BCUT2D eigenvalue weighted by Gasteiger charge is 2.18. The van der Waals surface area contributed by atoms with Gasteiger partial charge in [0.2, 0.25) is 11.8 Å². The number of hydrogen-bond donors (Lipinski definition) is 3. The molecule has 0 saturated carbocycles. The van der Waals surface area contributed by atoms with E-state index < -0.39 is 6.04 Å².